The molecular weight excluding hydrogens is 512 g/mol. The summed E-state index contributed by atoms with van der Waals surface area (Å²) in [5.74, 6) is 0.448. The number of carbonyl (C=O) groups excluding carboxylic acids is 1. The van der Waals surface area contributed by atoms with Gasteiger partial charge in [-0.15, -0.1) is 0 Å². The van der Waals surface area contributed by atoms with Crippen LogP contribution in [0.1, 0.15) is 40.0 Å². The fourth-order valence-electron chi connectivity index (χ4n) is 5.34. The van der Waals surface area contributed by atoms with Gasteiger partial charge in [-0.3, -0.25) is 9.69 Å². The van der Waals surface area contributed by atoms with Gasteiger partial charge in [0.25, 0.3) is 5.91 Å². The van der Waals surface area contributed by atoms with Crippen molar-refractivity contribution in [3.8, 4) is 5.75 Å². The summed E-state index contributed by atoms with van der Waals surface area (Å²) in [7, 11) is 2.03. The predicted molar refractivity (Wildman–Crippen MR) is 161 cm³/mol. The van der Waals surface area contributed by atoms with E-state index in [9.17, 15) is 4.79 Å². The van der Waals surface area contributed by atoms with Crippen molar-refractivity contribution in [2.45, 2.75) is 44.3 Å². The summed E-state index contributed by atoms with van der Waals surface area (Å²) in [5.41, 5.74) is 4.11. The molecule has 3 aromatic carbocycles. The first-order valence-electron chi connectivity index (χ1n) is 14.5. The number of aryl methyl sites for hydroxylation is 1. The molecular formula is C34H40N4O3. The molecule has 1 amide bonds. The van der Waals surface area contributed by atoms with Gasteiger partial charge in [-0.2, -0.15) is 0 Å². The Morgan fingerprint density at radius 2 is 1.59 bits per heavy atom. The van der Waals surface area contributed by atoms with Gasteiger partial charge >= 0.3 is 0 Å². The van der Waals surface area contributed by atoms with Gasteiger partial charge in [-0.1, -0.05) is 72.8 Å². The molecule has 4 aromatic rings. The second kappa shape index (κ2) is 14.6. The van der Waals surface area contributed by atoms with Crippen molar-refractivity contribution in [1.29, 1.82) is 0 Å². The minimum atomic E-state index is -0.147. The molecule has 2 heterocycles. The Labute approximate surface area is 243 Å². The molecule has 5 rings (SSSR count). The molecule has 1 aromatic heterocycles. The van der Waals surface area contributed by atoms with Crippen molar-refractivity contribution < 1.29 is 14.3 Å². The molecule has 0 aliphatic carbocycles. The molecule has 7 heteroatoms. The van der Waals surface area contributed by atoms with Crippen LogP contribution in [0.25, 0.3) is 0 Å². The third-order valence-corrected chi connectivity index (χ3v) is 7.64. The van der Waals surface area contributed by atoms with Crippen LogP contribution in [0, 0.1) is 0 Å². The quantitative estimate of drug-likeness (QED) is 0.362. The van der Waals surface area contributed by atoms with E-state index < -0.39 is 0 Å². The third-order valence-electron chi connectivity index (χ3n) is 7.64. The monoisotopic (exact) mass is 552 g/mol. The maximum absolute atomic E-state index is 13.6. The highest BCUT2D eigenvalue weighted by molar-refractivity contribution is 5.97. The summed E-state index contributed by atoms with van der Waals surface area (Å²) in [6, 6.07) is 28.3. The van der Waals surface area contributed by atoms with E-state index >= 15 is 0 Å². The predicted octanol–water partition coefficient (Wildman–Crippen LogP) is 5.06. The number of nitrogens with one attached hydrogen (secondary N) is 1. The average molecular weight is 553 g/mol. The first kappa shape index (κ1) is 28.6. The lowest BCUT2D eigenvalue weighted by Crippen LogP contribution is -2.42. The number of fused-ring (bicyclic) bond motifs is 1. The maximum atomic E-state index is 13.6. The van der Waals surface area contributed by atoms with Gasteiger partial charge < -0.3 is 19.4 Å². The number of hydrogen-bond acceptors (Lipinski definition) is 5. The van der Waals surface area contributed by atoms with Crippen LogP contribution in [0.2, 0.25) is 0 Å². The molecule has 0 fully saturated rings. The number of nitrogens with zero attached hydrogens (tertiary/aromatic N) is 3. The molecule has 41 heavy (non-hydrogen) atoms. The molecule has 0 unspecified atom stereocenters. The Balaban J connectivity index is 1.40. The first-order valence-corrected chi connectivity index (χ1v) is 14.5. The van der Waals surface area contributed by atoms with E-state index in [0.717, 1.165) is 38.0 Å². The van der Waals surface area contributed by atoms with Crippen LogP contribution in [0.15, 0.2) is 97.5 Å². The average Bonchev–Trinajstić information content (AvgIpc) is 3.40. The zero-order valence-corrected chi connectivity index (χ0v) is 23.8. The van der Waals surface area contributed by atoms with Crippen LogP contribution in [0.3, 0.4) is 0 Å². The maximum Gasteiger partial charge on any atom is 0.255 e. The standard InChI is InChI=1S/C34H40N4O3/c1-37-26-35-22-31(37)23-38-18-10-11-19-40-24-29(20-27-12-4-2-5-13-27)36-34(39)32-16-8-9-17-33(32)41-25-30(38)21-28-14-6-3-7-15-28/h2-9,12-17,22,26,29-30H,10-11,18-21,23-25H2,1H3,(H,36,39)/t29-,30-/m0/s1. The first-order chi connectivity index (χ1) is 20.2. The fraction of sp³-hybridized carbons (Fsp3) is 0.353. The summed E-state index contributed by atoms with van der Waals surface area (Å²) in [6.07, 6.45) is 7.25. The number of benzene rings is 3. The number of para-hydroxylation sites is 1. The molecule has 2 atom stereocenters. The highest BCUT2D eigenvalue weighted by atomic mass is 16.5. The van der Waals surface area contributed by atoms with Gasteiger partial charge in [0.1, 0.15) is 12.4 Å². The summed E-state index contributed by atoms with van der Waals surface area (Å²) in [6.45, 7) is 3.23. The van der Waals surface area contributed by atoms with Gasteiger partial charge in [-0.05, 0) is 55.5 Å². The molecule has 1 aliphatic rings. The lowest BCUT2D eigenvalue weighted by Gasteiger charge is -2.32. The molecule has 7 nitrogen and oxygen atoms in total. The summed E-state index contributed by atoms with van der Waals surface area (Å²) >= 11 is 0. The van der Waals surface area contributed by atoms with Crippen molar-refractivity contribution >= 4 is 5.91 Å². The number of amides is 1. The van der Waals surface area contributed by atoms with Crippen molar-refractivity contribution in [2.24, 2.45) is 7.05 Å². The van der Waals surface area contributed by atoms with Crippen LogP contribution in [0.5, 0.6) is 5.75 Å². The minimum absolute atomic E-state index is 0.0975. The van der Waals surface area contributed by atoms with E-state index in [0.29, 0.717) is 37.6 Å². The van der Waals surface area contributed by atoms with Crippen LogP contribution in [0.4, 0.5) is 0 Å². The highest BCUT2D eigenvalue weighted by Crippen LogP contribution is 2.22. The largest absolute Gasteiger partial charge is 0.491 e. The SMILES string of the molecule is Cn1cncc1CN1CCCCOC[C@H](Cc2ccccc2)NC(=O)c2ccccc2OC[C@@H]1Cc1ccccc1. The summed E-state index contributed by atoms with van der Waals surface area (Å²) < 4.78 is 14.7. The van der Waals surface area contributed by atoms with Crippen LogP contribution < -0.4 is 10.1 Å². The van der Waals surface area contributed by atoms with Crippen LogP contribution >= 0.6 is 0 Å². The van der Waals surface area contributed by atoms with Crippen molar-refractivity contribution in [1.82, 2.24) is 19.8 Å². The smallest absolute Gasteiger partial charge is 0.255 e. The van der Waals surface area contributed by atoms with Gasteiger partial charge in [-0.25, -0.2) is 4.98 Å². The summed E-state index contributed by atoms with van der Waals surface area (Å²) in [4.78, 5) is 20.4. The van der Waals surface area contributed by atoms with E-state index in [1.165, 1.54) is 11.1 Å². The van der Waals surface area contributed by atoms with Crippen molar-refractivity contribution in [2.75, 3.05) is 26.4 Å². The molecule has 0 bridgehead atoms. The van der Waals surface area contributed by atoms with Gasteiger partial charge in [0.15, 0.2) is 0 Å². The van der Waals surface area contributed by atoms with E-state index in [2.05, 4.69) is 56.2 Å². The van der Waals surface area contributed by atoms with Gasteiger partial charge in [0, 0.05) is 32.4 Å². The molecule has 0 radical (unpaired) electrons. The topological polar surface area (TPSA) is 68.6 Å². The van der Waals surface area contributed by atoms with Crippen molar-refractivity contribution in [3.05, 3.63) is 120 Å². The highest BCUT2D eigenvalue weighted by Gasteiger charge is 2.24. The molecule has 0 spiro atoms. The number of imidazole rings is 1. The van der Waals surface area contributed by atoms with Gasteiger partial charge in [0.2, 0.25) is 0 Å². The Morgan fingerprint density at radius 1 is 0.878 bits per heavy atom. The van der Waals surface area contributed by atoms with E-state index in [-0.39, 0.29) is 18.0 Å². The van der Waals surface area contributed by atoms with E-state index in [1.54, 1.807) is 0 Å². The molecule has 0 saturated carbocycles. The molecule has 214 valence electrons. The molecule has 1 N–H and O–H groups in total. The van der Waals surface area contributed by atoms with E-state index in [4.69, 9.17) is 9.47 Å². The van der Waals surface area contributed by atoms with E-state index in [1.807, 2.05) is 68.1 Å². The molecule has 0 saturated heterocycles. The number of rotatable bonds is 6. The Kier molecular flexibility index (Phi) is 10.2. The minimum Gasteiger partial charge on any atom is -0.491 e. The number of hydrogen-bond donors (Lipinski definition) is 1. The fourth-order valence-corrected chi connectivity index (χ4v) is 5.34. The number of aromatic nitrogens is 2. The van der Waals surface area contributed by atoms with Gasteiger partial charge in [0.05, 0.1) is 30.2 Å². The zero-order chi connectivity index (χ0) is 28.3. The van der Waals surface area contributed by atoms with Crippen LogP contribution in [-0.4, -0.2) is 58.8 Å². The van der Waals surface area contributed by atoms with Crippen LogP contribution in [-0.2, 0) is 31.2 Å². The molecule has 1 aliphatic heterocycles. The third kappa shape index (κ3) is 8.28. The normalized spacial score (nSPS) is 19.3. The number of ether oxygens (including phenoxy) is 2. The Hall–Kier alpha value is -3.94. The van der Waals surface area contributed by atoms with Crippen molar-refractivity contribution in [3.63, 3.8) is 0 Å². The Morgan fingerprint density at radius 3 is 2.32 bits per heavy atom. The summed E-state index contributed by atoms with van der Waals surface area (Å²) in [5, 5.41) is 3.22. The zero-order valence-electron chi connectivity index (χ0n) is 23.8. The lowest BCUT2D eigenvalue weighted by atomic mass is 10.0. The Bertz CT molecular complexity index is 1360. The second-order valence-corrected chi connectivity index (χ2v) is 10.8. The lowest BCUT2D eigenvalue weighted by molar-refractivity contribution is 0.0819. The number of carbonyl (C=O) groups is 1. The second-order valence-electron chi connectivity index (χ2n) is 10.8.